The molecule has 2 heterocycles. The van der Waals surface area contributed by atoms with Crippen LogP contribution in [0.25, 0.3) is 33.0 Å². The minimum atomic E-state index is -0.603. The molecular weight excluding hydrogens is 729 g/mol. The van der Waals surface area contributed by atoms with Crippen molar-refractivity contribution in [2.24, 2.45) is 9.98 Å². The fraction of sp³-hybridized carbons (Fsp3) is 0.0357. The molecular formula is C56H38N4. The molecule has 9 aromatic rings. The summed E-state index contributed by atoms with van der Waals surface area (Å²) in [5.74, 6) is 1.50. The number of aliphatic imine (C=N–C) groups is 2. The van der Waals surface area contributed by atoms with E-state index in [1.807, 2.05) is 6.07 Å². The lowest BCUT2D eigenvalue weighted by Gasteiger charge is -2.45. The van der Waals surface area contributed by atoms with E-state index in [-0.39, 0.29) is 6.17 Å². The minimum absolute atomic E-state index is 0.390. The van der Waals surface area contributed by atoms with Crippen molar-refractivity contribution in [3.8, 4) is 22.3 Å². The maximum Gasteiger partial charge on any atom is 0.159 e. The fourth-order valence-corrected chi connectivity index (χ4v) is 9.90. The van der Waals surface area contributed by atoms with E-state index in [0.29, 0.717) is 5.84 Å². The van der Waals surface area contributed by atoms with Gasteiger partial charge in [0.25, 0.3) is 0 Å². The van der Waals surface area contributed by atoms with Crippen LogP contribution in [0, 0.1) is 0 Å². The molecule has 0 aromatic heterocycles. The van der Waals surface area contributed by atoms with Crippen molar-refractivity contribution in [1.82, 2.24) is 5.32 Å². The highest BCUT2D eigenvalue weighted by atomic mass is 15.2. The van der Waals surface area contributed by atoms with Crippen LogP contribution in [-0.2, 0) is 5.41 Å². The lowest BCUT2D eigenvalue weighted by Crippen LogP contribution is -2.36. The number of benzene rings is 9. The van der Waals surface area contributed by atoms with Crippen molar-refractivity contribution < 1.29 is 0 Å². The molecule has 0 bridgehead atoms. The molecule has 1 atom stereocenters. The molecule has 0 radical (unpaired) electrons. The first-order chi connectivity index (χ1) is 29.8. The van der Waals surface area contributed by atoms with Crippen LogP contribution in [-0.4, -0.2) is 11.7 Å². The van der Waals surface area contributed by atoms with Crippen molar-refractivity contribution in [1.29, 1.82) is 0 Å². The first-order valence-electron chi connectivity index (χ1n) is 20.6. The number of amidine groups is 2. The van der Waals surface area contributed by atoms with Crippen molar-refractivity contribution in [2.75, 3.05) is 4.90 Å². The third-order valence-corrected chi connectivity index (χ3v) is 12.5. The predicted octanol–water partition coefficient (Wildman–Crippen LogP) is 13.1. The fourth-order valence-electron chi connectivity index (χ4n) is 9.90. The Kier molecular flexibility index (Phi) is 7.79. The Bertz CT molecular complexity index is 3120. The Morgan fingerprint density at radius 2 is 1.03 bits per heavy atom. The molecule has 4 heteroatoms. The van der Waals surface area contributed by atoms with Crippen LogP contribution in [0.4, 0.5) is 17.1 Å². The van der Waals surface area contributed by atoms with Gasteiger partial charge in [-0.2, -0.15) is 0 Å². The van der Waals surface area contributed by atoms with E-state index < -0.39 is 5.41 Å². The standard InChI is InChI=1S/C56H38N4/c1-4-16-37(17-5-1)38-28-30-41(31-29-38)54-57-53(40-19-6-2-7-20-40)58-55(59-54)42-32-34-45-49(36-42)56(48-35-33-39-18-10-11-23-44(39)52(45)48)46-24-12-14-26-50(46)60(43-21-8-3-9-22-43)51-27-15-13-25-47(51)56/h1-36,55H,(H,57,58,59). The molecule has 9 aromatic carbocycles. The first kappa shape index (κ1) is 34.2. The third-order valence-electron chi connectivity index (χ3n) is 12.5. The Balaban J connectivity index is 1.08. The van der Waals surface area contributed by atoms with Gasteiger partial charge in [0, 0.05) is 16.8 Å². The predicted molar refractivity (Wildman–Crippen MR) is 247 cm³/mol. The molecule has 3 aliphatic rings. The summed E-state index contributed by atoms with van der Waals surface area (Å²) < 4.78 is 0. The number of para-hydroxylation sites is 3. The number of nitrogens with zero attached hydrogens (tertiary/aromatic N) is 3. The van der Waals surface area contributed by atoms with Gasteiger partial charge in [0.15, 0.2) is 5.84 Å². The number of fused-ring (bicyclic) bond motifs is 11. The van der Waals surface area contributed by atoms with Crippen molar-refractivity contribution in [2.45, 2.75) is 11.6 Å². The molecule has 2 aliphatic heterocycles. The summed E-state index contributed by atoms with van der Waals surface area (Å²) in [7, 11) is 0. The van der Waals surface area contributed by atoms with Crippen LogP contribution in [0.3, 0.4) is 0 Å². The highest BCUT2D eigenvalue weighted by molar-refractivity contribution is 6.13. The number of rotatable bonds is 5. The molecule has 60 heavy (non-hydrogen) atoms. The van der Waals surface area contributed by atoms with E-state index in [9.17, 15) is 0 Å². The second kappa shape index (κ2) is 13.6. The quantitative estimate of drug-likeness (QED) is 0.189. The van der Waals surface area contributed by atoms with Gasteiger partial charge in [-0.1, -0.05) is 188 Å². The summed E-state index contributed by atoms with van der Waals surface area (Å²) in [5.41, 5.74) is 15.9. The molecule has 1 N–H and O–H groups in total. The van der Waals surface area contributed by atoms with Gasteiger partial charge in [-0.25, -0.2) is 9.98 Å². The molecule has 0 fully saturated rings. The summed E-state index contributed by atoms with van der Waals surface area (Å²) >= 11 is 0. The largest absolute Gasteiger partial charge is 0.344 e. The van der Waals surface area contributed by atoms with Crippen LogP contribution in [0.1, 0.15) is 45.1 Å². The average Bonchev–Trinajstić information content (AvgIpc) is 3.63. The van der Waals surface area contributed by atoms with E-state index in [1.54, 1.807) is 0 Å². The molecule has 1 spiro atoms. The Morgan fingerprint density at radius 3 is 1.75 bits per heavy atom. The van der Waals surface area contributed by atoms with Crippen LogP contribution < -0.4 is 10.2 Å². The summed E-state index contributed by atoms with van der Waals surface area (Å²) in [4.78, 5) is 13.0. The van der Waals surface area contributed by atoms with E-state index in [1.165, 1.54) is 61.1 Å². The maximum absolute atomic E-state index is 5.41. The van der Waals surface area contributed by atoms with E-state index in [2.05, 4.69) is 223 Å². The van der Waals surface area contributed by atoms with Gasteiger partial charge in [-0.05, 0) is 91.2 Å². The van der Waals surface area contributed by atoms with Gasteiger partial charge in [-0.3, -0.25) is 0 Å². The molecule has 0 amide bonds. The average molecular weight is 767 g/mol. The van der Waals surface area contributed by atoms with Gasteiger partial charge >= 0.3 is 0 Å². The van der Waals surface area contributed by atoms with Crippen LogP contribution in [0.5, 0.6) is 0 Å². The maximum atomic E-state index is 5.41. The Hall–Kier alpha value is -7.82. The minimum Gasteiger partial charge on any atom is -0.344 e. The van der Waals surface area contributed by atoms with E-state index in [4.69, 9.17) is 9.98 Å². The molecule has 1 unspecified atom stereocenters. The van der Waals surface area contributed by atoms with Gasteiger partial charge in [0.2, 0.25) is 0 Å². The molecule has 1 aliphatic carbocycles. The summed E-state index contributed by atoms with van der Waals surface area (Å²) in [5, 5.41) is 6.27. The topological polar surface area (TPSA) is 40.0 Å². The zero-order chi connectivity index (χ0) is 39.6. The molecule has 0 saturated carbocycles. The second-order valence-electron chi connectivity index (χ2n) is 15.7. The SMILES string of the molecule is c1ccc(C2=NC(c3ccc(-c4ccccc4)cc3)=NC(c3ccc4c(c3)C3(c5ccccc5N(c5ccccc5)c5ccccc53)c3ccc5ccccc5c3-4)N2)cc1. The second-order valence-corrected chi connectivity index (χ2v) is 15.7. The number of hydrogen-bond donors (Lipinski definition) is 1. The number of anilines is 3. The van der Waals surface area contributed by atoms with Gasteiger partial charge in [0.05, 0.1) is 16.8 Å². The number of nitrogens with one attached hydrogen (secondary N) is 1. The van der Waals surface area contributed by atoms with Crippen LogP contribution >= 0.6 is 0 Å². The van der Waals surface area contributed by atoms with Crippen molar-refractivity contribution >= 4 is 39.5 Å². The summed E-state index contributed by atoms with van der Waals surface area (Å²) in [6, 6.07) is 78.8. The zero-order valence-electron chi connectivity index (χ0n) is 32.7. The molecule has 12 rings (SSSR count). The van der Waals surface area contributed by atoms with Crippen molar-refractivity contribution in [3.05, 3.63) is 257 Å². The Morgan fingerprint density at radius 1 is 0.450 bits per heavy atom. The highest BCUT2D eigenvalue weighted by Gasteiger charge is 2.52. The number of hydrogen-bond acceptors (Lipinski definition) is 4. The zero-order valence-corrected chi connectivity index (χ0v) is 32.7. The summed E-state index contributed by atoms with van der Waals surface area (Å²) in [6.45, 7) is 0. The van der Waals surface area contributed by atoms with Gasteiger partial charge < -0.3 is 10.2 Å². The Labute approximate surface area is 349 Å². The third kappa shape index (κ3) is 5.17. The van der Waals surface area contributed by atoms with Crippen LogP contribution in [0.15, 0.2) is 228 Å². The lowest BCUT2D eigenvalue weighted by atomic mass is 9.64. The molecule has 0 saturated heterocycles. The summed E-state index contributed by atoms with van der Waals surface area (Å²) in [6.07, 6.45) is -0.390. The molecule has 282 valence electrons. The van der Waals surface area contributed by atoms with Crippen LogP contribution in [0.2, 0.25) is 0 Å². The van der Waals surface area contributed by atoms with Gasteiger partial charge in [0.1, 0.15) is 12.0 Å². The smallest absolute Gasteiger partial charge is 0.159 e. The molecule has 4 nitrogen and oxygen atoms in total. The van der Waals surface area contributed by atoms with Gasteiger partial charge in [-0.15, -0.1) is 0 Å². The van der Waals surface area contributed by atoms with E-state index >= 15 is 0 Å². The van der Waals surface area contributed by atoms with E-state index in [0.717, 1.165) is 33.8 Å². The normalized spacial score (nSPS) is 15.6. The first-order valence-corrected chi connectivity index (χ1v) is 20.6. The monoisotopic (exact) mass is 766 g/mol. The lowest BCUT2D eigenvalue weighted by molar-refractivity contribution is 0.669. The highest BCUT2D eigenvalue weighted by Crippen LogP contribution is 2.64. The van der Waals surface area contributed by atoms with Crippen molar-refractivity contribution in [3.63, 3.8) is 0 Å².